The van der Waals surface area contributed by atoms with E-state index in [9.17, 15) is 9.59 Å². The molecule has 6 nitrogen and oxygen atoms in total. The molecule has 0 saturated carbocycles. The van der Waals surface area contributed by atoms with E-state index in [-0.39, 0.29) is 18.7 Å². The molecule has 1 aromatic heterocycles. The van der Waals surface area contributed by atoms with Crippen molar-refractivity contribution >= 4 is 11.9 Å². The largest absolute Gasteiger partial charge is 0.481 e. The van der Waals surface area contributed by atoms with E-state index in [1.165, 1.54) is 0 Å². The van der Waals surface area contributed by atoms with E-state index in [1.807, 2.05) is 66.9 Å². The van der Waals surface area contributed by atoms with E-state index in [1.54, 1.807) is 16.6 Å². The molecule has 0 radical (unpaired) electrons. The van der Waals surface area contributed by atoms with Gasteiger partial charge in [-0.25, -0.2) is 4.68 Å². The predicted octanol–water partition coefficient (Wildman–Crippen LogP) is 3.36. The number of aromatic nitrogens is 2. The molecule has 0 saturated heterocycles. The Morgan fingerprint density at radius 2 is 1.63 bits per heavy atom. The number of carbonyl (C=O) groups excluding carboxylic acids is 1. The number of carbonyl (C=O) groups is 2. The number of carboxylic acid groups (broad SMARTS) is 1. The second-order valence-corrected chi connectivity index (χ2v) is 6.29. The number of amides is 1. The fourth-order valence-corrected chi connectivity index (χ4v) is 2.83. The maximum atomic E-state index is 12.2. The number of rotatable bonds is 7. The van der Waals surface area contributed by atoms with E-state index in [0.717, 1.165) is 22.5 Å². The van der Waals surface area contributed by atoms with Crippen LogP contribution in [0.3, 0.4) is 0 Å². The fourth-order valence-electron chi connectivity index (χ4n) is 2.83. The molecule has 0 unspecified atom stereocenters. The van der Waals surface area contributed by atoms with Crippen molar-refractivity contribution in [2.24, 2.45) is 0 Å². The van der Waals surface area contributed by atoms with Crippen molar-refractivity contribution in [1.29, 1.82) is 0 Å². The van der Waals surface area contributed by atoms with Gasteiger partial charge in [-0.05, 0) is 12.1 Å². The first-order valence-corrected chi connectivity index (χ1v) is 8.70. The van der Waals surface area contributed by atoms with Gasteiger partial charge in [-0.3, -0.25) is 9.59 Å². The van der Waals surface area contributed by atoms with E-state index < -0.39 is 5.97 Å². The zero-order valence-corrected chi connectivity index (χ0v) is 15.1. The first kappa shape index (κ1) is 18.4. The number of aliphatic carboxylic acids is 1. The van der Waals surface area contributed by atoms with Crippen LogP contribution in [0.15, 0.2) is 66.9 Å². The summed E-state index contributed by atoms with van der Waals surface area (Å²) in [5, 5.41) is 13.5. The van der Waals surface area contributed by atoms with Gasteiger partial charge < -0.3 is 10.0 Å². The van der Waals surface area contributed by atoms with Gasteiger partial charge in [0.15, 0.2) is 0 Å². The number of nitrogens with zero attached hydrogens (tertiary/aromatic N) is 3. The molecule has 0 fully saturated rings. The molecule has 0 aliphatic rings. The lowest BCUT2D eigenvalue weighted by atomic mass is 10.1. The molecule has 3 rings (SSSR count). The van der Waals surface area contributed by atoms with Crippen LogP contribution in [0.2, 0.25) is 0 Å². The highest BCUT2D eigenvalue weighted by molar-refractivity contribution is 5.80. The molecule has 1 heterocycles. The topological polar surface area (TPSA) is 75.4 Å². The minimum Gasteiger partial charge on any atom is -0.481 e. The van der Waals surface area contributed by atoms with Crippen LogP contribution in [0.1, 0.15) is 18.4 Å². The molecule has 6 heteroatoms. The van der Waals surface area contributed by atoms with E-state index in [4.69, 9.17) is 10.2 Å². The van der Waals surface area contributed by atoms with Gasteiger partial charge in [-0.2, -0.15) is 5.10 Å². The van der Waals surface area contributed by atoms with Crippen molar-refractivity contribution in [3.63, 3.8) is 0 Å². The average molecular weight is 363 g/mol. The SMILES string of the molecule is CN(Cc1cn(-c2ccccc2)nc1-c1ccccc1)C(=O)CCC(=O)O. The molecule has 138 valence electrons. The van der Waals surface area contributed by atoms with Gasteiger partial charge in [0, 0.05) is 37.3 Å². The normalized spacial score (nSPS) is 10.6. The highest BCUT2D eigenvalue weighted by atomic mass is 16.4. The lowest BCUT2D eigenvalue weighted by Crippen LogP contribution is -2.26. The van der Waals surface area contributed by atoms with Gasteiger partial charge in [-0.15, -0.1) is 0 Å². The fraction of sp³-hybridized carbons (Fsp3) is 0.190. The third-order valence-corrected chi connectivity index (χ3v) is 4.24. The summed E-state index contributed by atoms with van der Waals surface area (Å²) in [6.07, 6.45) is 1.73. The van der Waals surface area contributed by atoms with Crippen molar-refractivity contribution < 1.29 is 14.7 Å². The number of para-hydroxylation sites is 1. The summed E-state index contributed by atoms with van der Waals surface area (Å²) >= 11 is 0. The molecule has 0 atom stereocenters. The third-order valence-electron chi connectivity index (χ3n) is 4.24. The van der Waals surface area contributed by atoms with Gasteiger partial charge in [-0.1, -0.05) is 48.5 Å². The predicted molar refractivity (Wildman–Crippen MR) is 102 cm³/mol. The molecule has 0 aliphatic carbocycles. The Balaban J connectivity index is 1.90. The molecular weight excluding hydrogens is 342 g/mol. The molecule has 0 spiro atoms. The highest BCUT2D eigenvalue weighted by Crippen LogP contribution is 2.24. The molecule has 2 aromatic carbocycles. The van der Waals surface area contributed by atoms with Gasteiger partial charge in [0.25, 0.3) is 0 Å². The van der Waals surface area contributed by atoms with Crippen molar-refractivity contribution in [2.45, 2.75) is 19.4 Å². The summed E-state index contributed by atoms with van der Waals surface area (Å²) in [6, 6.07) is 19.6. The number of benzene rings is 2. The van der Waals surface area contributed by atoms with Crippen molar-refractivity contribution in [3.05, 3.63) is 72.4 Å². The van der Waals surface area contributed by atoms with Gasteiger partial charge in [0.2, 0.25) is 5.91 Å². The monoisotopic (exact) mass is 363 g/mol. The van der Waals surface area contributed by atoms with Crippen molar-refractivity contribution in [3.8, 4) is 16.9 Å². The minimum absolute atomic E-state index is 0.0146. The standard InChI is InChI=1S/C21H21N3O3/c1-23(19(25)12-13-20(26)27)14-17-15-24(18-10-6-3-7-11-18)22-21(17)16-8-4-2-5-9-16/h2-11,15H,12-14H2,1H3,(H,26,27). The molecular formula is C21H21N3O3. The second kappa shape index (κ2) is 8.31. The second-order valence-electron chi connectivity index (χ2n) is 6.29. The summed E-state index contributed by atoms with van der Waals surface area (Å²) in [7, 11) is 1.68. The maximum Gasteiger partial charge on any atom is 0.303 e. The van der Waals surface area contributed by atoms with Gasteiger partial charge in [0.05, 0.1) is 17.8 Å². The highest BCUT2D eigenvalue weighted by Gasteiger charge is 2.17. The van der Waals surface area contributed by atoms with Crippen molar-refractivity contribution in [2.75, 3.05) is 7.05 Å². The maximum absolute atomic E-state index is 12.2. The number of carboxylic acids is 1. The van der Waals surface area contributed by atoms with Gasteiger partial charge in [0.1, 0.15) is 0 Å². The third kappa shape index (κ3) is 4.61. The Hall–Kier alpha value is -3.41. The van der Waals surface area contributed by atoms with Crippen LogP contribution in [-0.2, 0) is 16.1 Å². The Kier molecular flexibility index (Phi) is 5.66. The lowest BCUT2D eigenvalue weighted by Gasteiger charge is -2.16. The Labute approximate surface area is 157 Å². The first-order chi connectivity index (χ1) is 13.0. The Bertz CT molecular complexity index is 920. The van der Waals surface area contributed by atoms with Crippen LogP contribution >= 0.6 is 0 Å². The number of hydrogen-bond acceptors (Lipinski definition) is 3. The minimum atomic E-state index is -0.973. The summed E-state index contributed by atoms with van der Waals surface area (Å²) < 4.78 is 1.80. The van der Waals surface area contributed by atoms with Crippen molar-refractivity contribution in [1.82, 2.24) is 14.7 Å². The van der Waals surface area contributed by atoms with Crippen LogP contribution in [0.4, 0.5) is 0 Å². The number of hydrogen-bond donors (Lipinski definition) is 1. The first-order valence-electron chi connectivity index (χ1n) is 8.70. The van der Waals surface area contributed by atoms with E-state index in [2.05, 4.69) is 0 Å². The van der Waals surface area contributed by atoms with E-state index >= 15 is 0 Å². The smallest absolute Gasteiger partial charge is 0.303 e. The Morgan fingerprint density at radius 3 is 2.26 bits per heavy atom. The van der Waals surface area contributed by atoms with Crippen LogP contribution < -0.4 is 0 Å². The molecule has 3 aromatic rings. The summed E-state index contributed by atoms with van der Waals surface area (Å²) in [4.78, 5) is 24.5. The van der Waals surface area contributed by atoms with Crippen LogP contribution in [0, 0.1) is 0 Å². The molecule has 0 aliphatic heterocycles. The quantitative estimate of drug-likeness (QED) is 0.698. The molecule has 1 N–H and O–H groups in total. The molecule has 0 bridgehead atoms. The van der Waals surface area contributed by atoms with Crippen LogP contribution in [-0.4, -0.2) is 38.7 Å². The summed E-state index contributed by atoms with van der Waals surface area (Å²) in [6.45, 7) is 0.357. The average Bonchev–Trinajstić information content (AvgIpc) is 3.11. The molecule has 1 amide bonds. The molecule has 27 heavy (non-hydrogen) atoms. The van der Waals surface area contributed by atoms with Crippen LogP contribution in [0.5, 0.6) is 0 Å². The lowest BCUT2D eigenvalue weighted by molar-refractivity contribution is -0.140. The zero-order valence-electron chi connectivity index (χ0n) is 15.1. The Morgan fingerprint density at radius 1 is 1.00 bits per heavy atom. The summed E-state index contributed by atoms with van der Waals surface area (Å²) in [5.74, 6) is -1.18. The summed E-state index contributed by atoms with van der Waals surface area (Å²) in [5.41, 5.74) is 3.60. The van der Waals surface area contributed by atoms with Crippen LogP contribution in [0.25, 0.3) is 16.9 Å². The van der Waals surface area contributed by atoms with E-state index in [0.29, 0.717) is 6.54 Å². The van der Waals surface area contributed by atoms with Gasteiger partial charge >= 0.3 is 5.97 Å². The zero-order chi connectivity index (χ0) is 19.2.